The molecule has 0 atom stereocenters. The minimum atomic E-state index is -0.218. The van der Waals surface area contributed by atoms with Crippen LogP contribution in [0.4, 0.5) is 11.6 Å². The molecule has 0 aliphatic heterocycles. The van der Waals surface area contributed by atoms with Crippen LogP contribution in [0.3, 0.4) is 0 Å². The van der Waals surface area contributed by atoms with Gasteiger partial charge in [0.2, 0.25) is 5.95 Å². The second-order valence-electron chi connectivity index (χ2n) is 6.03. The van der Waals surface area contributed by atoms with Gasteiger partial charge >= 0.3 is 0 Å². The zero-order valence-corrected chi connectivity index (χ0v) is 15.3. The fraction of sp³-hybridized carbons (Fsp3) is 0.150. The third-order valence-corrected chi connectivity index (χ3v) is 4.18. The Kier molecular flexibility index (Phi) is 5.49. The predicted octanol–water partition coefficient (Wildman–Crippen LogP) is 4.42. The van der Waals surface area contributed by atoms with Crippen LogP contribution in [0.25, 0.3) is 0 Å². The average molecular weight is 367 g/mol. The van der Waals surface area contributed by atoms with E-state index in [4.69, 9.17) is 11.6 Å². The molecule has 6 heteroatoms. The lowest BCUT2D eigenvalue weighted by Crippen LogP contribution is -2.23. The van der Waals surface area contributed by atoms with Gasteiger partial charge in [0.25, 0.3) is 5.91 Å². The molecule has 0 aliphatic carbocycles. The van der Waals surface area contributed by atoms with Crippen LogP contribution >= 0.6 is 11.6 Å². The standard InChI is InChI=1S/C20H19ClN4O/c1-13-8-14(2)18(17(21)9-13)25-20-23-11-16(12-24-20)19(26)22-10-15-6-4-3-5-7-15/h3-9,11-12H,10H2,1-2H3,(H,22,26)(H,23,24,25). The van der Waals surface area contributed by atoms with Gasteiger partial charge in [-0.3, -0.25) is 4.79 Å². The van der Waals surface area contributed by atoms with E-state index >= 15 is 0 Å². The second-order valence-corrected chi connectivity index (χ2v) is 6.43. The lowest BCUT2D eigenvalue weighted by Gasteiger charge is -2.11. The quantitative estimate of drug-likeness (QED) is 0.701. The average Bonchev–Trinajstić information content (AvgIpc) is 2.64. The Bertz CT molecular complexity index is 888. The van der Waals surface area contributed by atoms with Crippen molar-refractivity contribution in [2.45, 2.75) is 20.4 Å². The number of nitrogens with one attached hydrogen (secondary N) is 2. The van der Waals surface area contributed by atoms with Gasteiger partial charge in [-0.1, -0.05) is 48.0 Å². The highest BCUT2D eigenvalue weighted by atomic mass is 35.5. The van der Waals surface area contributed by atoms with Crippen LogP contribution in [0.1, 0.15) is 27.0 Å². The summed E-state index contributed by atoms with van der Waals surface area (Å²) in [6.45, 7) is 4.41. The first-order valence-electron chi connectivity index (χ1n) is 8.21. The summed E-state index contributed by atoms with van der Waals surface area (Å²) >= 11 is 6.28. The Morgan fingerprint density at radius 1 is 1.08 bits per heavy atom. The monoisotopic (exact) mass is 366 g/mol. The van der Waals surface area contributed by atoms with Crippen LogP contribution in [-0.4, -0.2) is 15.9 Å². The summed E-state index contributed by atoms with van der Waals surface area (Å²) in [5.41, 5.74) is 4.29. The summed E-state index contributed by atoms with van der Waals surface area (Å²) in [5, 5.41) is 6.56. The molecule has 0 saturated carbocycles. The zero-order valence-electron chi connectivity index (χ0n) is 14.6. The van der Waals surface area contributed by atoms with Gasteiger partial charge in [0.05, 0.1) is 16.3 Å². The SMILES string of the molecule is Cc1cc(C)c(Nc2ncc(C(=O)NCc3ccccc3)cn2)c(Cl)c1. The maximum atomic E-state index is 12.2. The van der Waals surface area contributed by atoms with Gasteiger partial charge in [0.15, 0.2) is 0 Å². The molecule has 0 spiro atoms. The van der Waals surface area contributed by atoms with E-state index in [1.54, 1.807) is 0 Å². The van der Waals surface area contributed by atoms with Gasteiger partial charge in [-0.05, 0) is 36.6 Å². The molecule has 26 heavy (non-hydrogen) atoms. The number of carbonyl (C=O) groups excluding carboxylic acids is 1. The number of halogens is 1. The molecule has 2 aromatic carbocycles. The molecule has 3 aromatic rings. The number of anilines is 2. The number of benzene rings is 2. The Morgan fingerprint density at radius 2 is 1.77 bits per heavy atom. The largest absolute Gasteiger partial charge is 0.348 e. The third kappa shape index (κ3) is 4.37. The topological polar surface area (TPSA) is 66.9 Å². The molecule has 1 amide bonds. The maximum absolute atomic E-state index is 12.2. The van der Waals surface area contributed by atoms with Crippen LogP contribution in [0.15, 0.2) is 54.9 Å². The van der Waals surface area contributed by atoms with E-state index in [9.17, 15) is 4.79 Å². The van der Waals surface area contributed by atoms with Crippen molar-refractivity contribution in [2.75, 3.05) is 5.32 Å². The molecule has 3 rings (SSSR count). The fourth-order valence-electron chi connectivity index (χ4n) is 2.58. The first-order chi connectivity index (χ1) is 12.5. The lowest BCUT2D eigenvalue weighted by atomic mass is 10.1. The van der Waals surface area contributed by atoms with E-state index in [1.165, 1.54) is 12.4 Å². The highest BCUT2D eigenvalue weighted by molar-refractivity contribution is 6.33. The number of hydrogen-bond acceptors (Lipinski definition) is 4. The van der Waals surface area contributed by atoms with E-state index in [0.717, 1.165) is 22.4 Å². The highest BCUT2D eigenvalue weighted by Gasteiger charge is 2.10. The van der Waals surface area contributed by atoms with E-state index in [1.807, 2.05) is 56.3 Å². The number of aromatic nitrogens is 2. The van der Waals surface area contributed by atoms with Gasteiger partial charge in [-0.15, -0.1) is 0 Å². The van der Waals surface area contributed by atoms with Gasteiger partial charge in [-0.25, -0.2) is 9.97 Å². The van der Waals surface area contributed by atoms with Crippen molar-refractivity contribution in [3.8, 4) is 0 Å². The molecule has 0 bridgehead atoms. The number of carbonyl (C=O) groups is 1. The second kappa shape index (κ2) is 7.97. The number of amides is 1. The fourth-order valence-corrected chi connectivity index (χ4v) is 2.94. The van der Waals surface area contributed by atoms with E-state index in [-0.39, 0.29) is 5.91 Å². The molecule has 0 saturated heterocycles. The number of aryl methyl sites for hydroxylation is 2. The van der Waals surface area contributed by atoms with Crippen molar-refractivity contribution in [1.82, 2.24) is 15.3 Å². The number of hydrogen-bond donors (Lipinski definition) is 2. The van der Waals surface area contributed by atoms with Crippen molar-refractivity contribution in [1.29, 1.82) is 0 Å². The van der Waals surface area contributed by atoms with Gasteiger partial charge in [0, 0.05) is 18.9 Å². The summed E-state index contributed by atoms with van der Waals surface area (Å²) < 4.78 is 0. The van der Waals surface area contributed by atoms with Crippen LogP contribution < -0.4 is 10.6 Å². The number of nitrogens with zero attached hydrogens (tertiary/aromatic N) is 2. The van der Waals surface area contributed by atoms with Crippen LogP contribution in [0.2, 0.25) is 5.02 Å². The van der Waals surface area contributed by atoms with Crippen molar-refractivity contribution in [2.24, 2.45) is 0 Å². The predicted molar refractivity (Wildman–Crippen MR) is 104 cm³/mol. The van der Waals surface area contributed by atoms with Crippen molar-refractivity contribution >= 4 is 29.1 Å². The first-order valence-corrected chi connectivity index (χ1v) is 8.58. The van der Waals surface area contributed by atoms with Crippen molar-refractivity contribution in [3.05, 3.63) is 82.1 Å². The molecule has 0 unspecified atom stereocenters. The summed E-state index contributed by atoms with van der Waals surface area (Å²) in [5.74, 6) is 0.170. The van der Waals surface area contributed by atoms with E-state index in [2.05, 4.69) is 20.6 Å². The zero-order chi connectivity index (χ0) is 18.5. The molecule has 1 aromatic heterocycles. The minimum Gasteiger partial charge on any atom is -0.348 e. The molecular formula is C20H19ClN4O. The Morgan fingerprint density at radius 3 is 2.42 bits per heavy atom. The number of rotatable bonds is 5. The molecular weight excluding hydrogens is 348 g/mol. The Labute approximate surface area is 157 Å². The van der Waals surface area contributed by atoms with Crippen molar-refractivity contribution in [3.63, 3.8) is 0 Å². The molecule has 0 fully saturated rings. The summed E-state index contributed by atoms with van der Waals surface area (Å²) in [6.07, 6.45) is 2.99. The molecule has 1 heterocycles. The molecule has 132 valence electrons. The molecule has 0 radical (unpaired) electrons. The highest BCUT2D eigenvalue weighted by Crippen LogP contribution is 2.29. The van der Waals surface area contributed by atoms with Crippen LogP contribution in [0, 0.1) is 13.8 Å². The Balaban J connectivity index is 1.66. The Hall–Kier alpha value is -2.92. The van der Waals surface area contributed by atoms with Crippen molar-refractivity contribution < 1.29 is 4.79 Å². The molecule has 5 nitrogen and oxygen atoms in total. The van der Waals surface area contributed by atoms with Gasteiger partial charge in [0.1, 0.15) is 0 Å². The lowest BCUT2D eigenvalue weighted by molar-refractivity contribution is 0.0950. The van der Waals surface area contributed by atoms with Gasteiger partial charge in [-0.2, -0.15) is 0 Å². The van der Waals surface area contributed by atoms with Gasteiger partial charge < -0.3 is 10.6 Å². The van der Waals surface area contributed by atoms with E-state index in [0.29, 0.717) is 23.1 Å². The normalized spacial score (nSPS) is 10.4. The van der Waals surface area contributed by atoms with Crippen LogP contribution in [0.5, 0.6) is 0 Å². The summed E-state index contributed by atoms with van der Waals surface area (Å²) in [6, 6.07) is 13.6. The first kappa shape index (κ1) is 17.9. The molecule has 2 N–H and O–H groups in total. The van der Waals surface area contributed by atoms with E-state index < -0.39 is 0 Å². The third-order valence-electron chi connectivity index (χ3n) is 3.88. The minimum absolute atomic E-state index is 0.218. The smallest absolute Gasteiger partial charge is 0.254 e. The maximum Gasteiger partial charge on any atom is 0.254 e. The summed E-state index contributed by atoms with van der Waals surface area (Å²) in [4.78, 5) is 20.6. The summed E-state index contributed by atoms with van der Waals surface area (Å²) in [7, 11) is 0. The van der Waals surface area contributed by atoms with Crippen LogP contribution in [-0.2, 0) is 6.54 Å². The molecule has 0 aliphatic rings.